The fraction of sp³-hybridized carbons (Fsp3) is 0.214. The van der Waals surface area contributed by atoms with Crippen molar-refractivity contribution in [1.82, 2.24) is 9.55 Å². The monoisotopic (exact) mass is 305 g/mol. The number of nitrogens with zero attached hydrogens (tertiary/aromatic N) is 1. The van der Waals surface area contributed by atoms with Gasteiger partial charge in [0.2, 0.25) is 0 Å². The van der Waals surface area contributed by atoms with Gasteiger partial charge in [-0.15, -0.1) is 0 Å². The Kier molecular flexibility index (Phi) is 4.89. The lowest BCUT2D eigenvalue weighted by Gasteiger charge is -2.08. The molecule has 0 radical (unpaired) electrons. The number of hydrogen-bond donors (Lipinski definition) is 2. The molecule has 0 amide bonds. The molecule has 0 aliphatic carbocycles. The van der Waals surface area contributed by atoms with Gasteiger partial charge in [-0.05, 0) is 30.7 Å². The fourth-order valence-electron chi connectivity index (χ4n) is 1.76. The fourth-order valence-corrected chi connectivity index (χ4v) is 1.90. The van der Waals surface area contributed by atoms with Crippen molar-refractivity contribution < 1.29 is 4.74 Å². The summed E-state index contributed by atoms with van der Waals surface area (Å²) < 4.78 is 6.99. The van der Waals surface area contributed by atoms with Gasteiger partial charge in [-0.2, -0.15) is 0 Å². The molecule has 7 heteroatoms. The number of aromatic amines is 1. The van der Waals surface area contributed by atoms with Crippen molar-refractivity contribution in [3.05, 3.63) is 62.9 Å². The first-order chi connectivity index (χ1) is 10.1. The Balaban J connectivity index is 1.83. The second-order valence-electron chi connectivity index (χ2n) is 4.39. The van der Waals surface area contributed by atoms with E-state index in [0.29, 0.717) is 30.3 Å². The van der Waals surface area contributed by atoms with Crippen LogP contribution in [0.2, 0.25) is 0 Å². The van der Waals surface area contributed by atoms with Gasteiger partial charge in [-0.25, -0.2) is 4.79 Å². The molecule has 2 aromatic rings. The third kappa shape index (κ3) is 4.28. The highest BCUT2D eigenvalue weighted by atomic mass is 32.1. The first-order valence-electron chi connectivity index (χ1n) is 6.39. The van der Waals surface area contributed by atoms with Gasteiger partial charge in [0.1, 0.15) is 10.7 Å². The van der Waals surface area contributed by atoms with Gasteiger partial charge in [0.05, 0.1) is 6.61 Å². The number of ether oxygens (including phenoxy) is 1. The summed E-state index contributed by atoms with van der Waals surface area (Å²) in [6, 6.07) is 8.49. The Hall–Kier alpha value is -2.41. The van der Waals surface area contributed by atoms with Crippen LogP contribution in [0, 0.1) is 0 Å². The molecule has 0 saturated carbocycles. The molecule has 0 saturated heterocycles. The quantitative estimate of drug-likeness (QED) is 0.604. The normalized spacial score (nSPS) is 10.3. The van der Waals surface area contributed by atoms with E-state index in [4.69, 9.17) is 22.7 Å². The van der Waals surface area contributed by atoms with Gasteiger partial charge in [-0.1, -0.05) is 12.2 Å². The summed E-state index contributed by atoms with van der Waals surface area (Å²) in [5, 5.41) is 0. The molecule has 0 bridgehead atoms. The lowest BCUT2D eigenvalue weighted by molar-refractivity contribution is 0.300. The number of thiocarbonyl (C=S) groups is 1. The van der Waals surface area contributed by atoms with Crippen LogP contribution in [0.25, 0.3) is 0 Å². The first kappa shape index (κ1) is 15.0. The molecular formula is C14H15N3O3S. The number of nitrogens with two attached hydrogens (primary N) is 1. The molecule has 0 spiro atoms. The number of hydrogen-bond acceptors (Lipinski definition) is 4. The molecule has 0 atom stereocenters. The summed E-state index contributed by atoms with van der Waals surface area (Å²) in [6.45, 7) is 0.929. The molecule has 2 rings (SSSR count). The Bertz CT molecular complexity index is 734. The van der Waals surface area contributed by atoms with Crippen molar-refractivity contribution in [3.8, 4) is 5.75 Å². The predicted molar refractivity (Wildman–Crippen MR) is 83.8 cm³/mol. The SMILES string of the molecule is NC(=S)c1ccc(OCCCn2ccc(=O)[nH]c2=O)cc1. The second kappa shape index (κ2) is 6.85. The molecular weight excluding hydrogens is 290 g/mol. The van der Waals surface area contributed by atoms with Crippen LogP contribution in [-0.4, -0.2) is 21.1 Å². The number of nitrogens with one attached hydrogen (secondary N) is 1. The van der Waals surface area contributed by atoms with Crippen LogP contribution in [0.15, 0.2) is 46.1 Å². The summed E-state index contributed by atoms with van der Waals surface area (Å²) in [7, 11) is 0. The molecule has 0 fully saturated rings. The maximum Gasteiger partial charge on any atom is 0.328 e. The minimum absolute atomic E-state index is 0.346. The molecule has 0 unspecified atom stereocenters. The summed E-state index contributed by atoms with van der Waals surface area (Å²) in [4.78, 5) is 24.9. The van der Waals surface area contributed by atoms with Crippen molar-refractivity contribution >= 4 is 17.2 Å². The van der Waals surface area contributed by atoms with Gasteiger partial charge >= 0.3 is 5.69 Å². The number of aryl methyl sites for hydroxylation is 1. The minimum atomic E-state index is -0.414. The van der Waals surface area contributed by atoms with Gasteiger partial charge in [0, 0.05) is 24.4 Å². The summed E-state index contributed by atoms with van der Waals surface area (Å²) >= 11 is 4.87. The molecule has 21 heavy (non-hydrogen) atoms. The lowest BCUT2D eigenvalue weighted by atomic mass is 10.2. The number of H-pyrrole nitrogens is 1. The second-order valence-corrected chi connectivity index (χ2v) is 4.83. The largest absolute Gasteiger partial charge is 0.494 e. The van der Waals surface area contributed by atoms with Crippen molar-refractivity contribution in [2.45, 2.75) is 13.0 Å². The van der Waals surface area contributed by atoms with E-state index in [2.05, 4.69) is 4.98 Å². The maximum atomic E-state index is 11.4. The average molecular weight is 305 g/mol. The Labute approximate surface area is 126 Å². The van der Waals surface area contributed by atoms with Crippen LogP contribution in [-0.2, 0) is 6.54 Å². The van der Waals surface area contributed by atoms with E-state index in [-0.39, 0.29) is 0 Å². The minimum Gasteiger partial charge on any atom is -0.494 e. The smallest absolute Gasteiger partial charge is 0.328 e. The lowest BCUT2D eigenvalue weighted by Crippen LogP contribution is -2.29. The molecule has 0 aliphatic rings. The van der Waals surface area contributed by atoms with Gasteiger partial charge < -0.3 is 15.0 Å². The zero-order chi connectivity index (χ0) is 15.2. The third-order valence-electron chi connectivity index (χ3n) is 2.85. The van der Waals surface area contributed by atoms with Crippen LogP contribution in [0.4, 0.5) is 0 Å². The van der Waals surface area contributed by atoms with Crippen molar-refractivity contribution in [2.24, 2.45) is 5.73 Å². The molecule has 0 aliphatic heterocycles. The van der Waals surface area contributed by atoms with Gasteiger partial charge in [0.25, 0.3) is 5.56 Å². The van der Waals surface area contributed by atoms with E-state index in [1.807, 2.05) is 0 Å². The van der Waals surface area contributed by atoms with E-state index in [1.165, 1.54) is 16.8 Å². The van der Waals surface area contributed by atoms with Crippen LogP contribution < -0.4 is 21.7 Å². The topological polar surface area (TPSA) is 90.1 Å². The zero-order valence-corrected chi connectivity index (χ0v) is 12.1. The highest BCUT2D eigenvalue weighted by Crippen LogP contribution is 2.12. The van der Waals surface area contributed by atoms with Crippen molar-refractivity contribution in [2.75, 3.05) is 6.61 Å². The number of benzene rings is 1. The van der Waals surface area contributed by atoms with Crippen molar-refractivity contribution in [3.63, 3.8) is 0 Å². The molecule has 1 aromatic carbocycles. The molecule has 3 N–H and O–H groups in total. The summed E-state index contributed by atoms with van der Waals surface area (Å²) in [5.74, 6) is 0.712. The first-order valence-corrected chi connectivity index (χ1v) is 6.79. The summed E-state index contributed by atoms with van der Waals surface area (Å²) in [5.41, 5.74) is 5.49. The number of aromatic nitrogens is 2. The van der Waals surface area contributed by atoms with Gasteiger partial charge in [0.15, 0.2) is 0 Å². The van der Waals surface area contributed by atoms with Crippen molar-refractivity contribution in [1.29, 1.82) is 0 Å². The predicted octanol–water partition coefficient (Wildman–Crippen LogP) is 0.640. The molecule has 1 heterocycles. The Morgan fingerprint density at radius 2 is 1.95 bits per heavy atom. The molecule has 110 valence electrons. The van der Waals surface area contributed by atoms with E-state index in [1.54, 1.807) is 24.3 Å². The average Bonchev–Trinajstić information content (AvgIpc) is 2.46. The van der Waals surface area contributed by atoms with E-state index >= 15 is 0 Å². The Morgan fingerprint density at radius 3 is 2.57 bits per heavy atom. The zero-order valence-electron chi connectivity index (χ0n) is 11.2. The van der Waals surface area contributed by atoms with Crippen LogP contribution >= 0.6 is 12.2 Å². The molecule has 1 aromatic heterocycles. The maximum absolute atomic E-state index is 11.4. The number of rotatable bonds is 6. The standard InChI is InChI=1S/C14H15N3O3S/c15-13(21)10-2-4-11(5-3-10)20-9-1-7-17-8-6-12(18)16-14(17)19/h2-6,8H,1,7,9H2,(H2,15,21)(H,16,18,19). The third-order valence-corrected chi connectivity index (χ3v) is 3.08. The molecule has 6 nitrogen and oxygen atoms in total. The Morgan fingerprint density at radius 1 is 1.24 bits per heavy atom. The van der Waals surface area contributed by atoms with E-state index < -0.39 is 11.2 Å². The summed E-state index contributed by atoms with van der Waals surface area (Å²) in [6.07, 6.45) is 2.11. The van der Waals surface area contributed by atoms with Crippen LogP contribution in [0.1, 0.15) is 12.0 Å². The van der Waals surface area contributed by atoms with Crippen LogP contribution in [0.3, 0.4) is 0 Å². The van der Waals surface area contributed by atoms with Gasteiger partial charge in [-0.3, -0.25) is 9.78 Å². The van der Waals surface area contributed by atoms with E-state index in [0.717, 1.165) is 5.56 Å². The van der Waals surface area contributed by atoms with E-state index in [9.17, 15) is 9.59 Å². The highest BCUT2D eigenvalue weighted by Gasteiger charge is 1.99. The van der Waals surface area contributed by atoms with Crippen LogP contribution in [0.5, 0.6) is 5.75 Å². The highest BCUT2D eigenvalue weighted by molar-refractivity contribution is 7.80.